The summed E-state index contributed by atoms with van der Waals surface area (Å²) in [5, 5.41) is 3.77. The monoisotopic (exact) mass is 350 g/mol. The summed E-state index contributed by atoms with van der Waals surface area (Å²) < 4.78 is 11.2. The van der Waals surface area contributed by atoms with E-state index in [1.54, 1.807) is 25.3 Å². The third-order valence-corrected chi connectivity index (χ3v) is 5.85. The van der Waals surface area contributed by atoms with Gasteiger partial charge in [0, 0.05) is 17.5 Å². The fourth-order valence-corrected chi connectivity index (χ4v) is 4.60. The predicted molar refractivity (Wildman–Crippen MR) is 91.7 cm³/mol. The molecule has 0 bridgehead atoms. The summed E-state index contributed by atoms with van der Waals surface area (Å²) in [7, 11) is 1.57. The van der Waals surface area contributed by atoms with Crippen molar-refractivity contribution in [1.82, 2.24) is 10.2 Å². The summed E-state index contributed by atoms with van der Waals surface area (Å²) >= 11 is 6.06. The Morgan fingerprint density at radius 2 is 2.17 bits per heavy atom. The van der Waals surface area contributed by atoms with Crippen LogP contribution >= 0.6 is 11.6 Å². The third-order valence-electron chi connectivity index (χ3n) is 5.62. The van der Waals surface area contributed by atoms with Crippen molar-refractivity contribution in [1.29, 1.82) is 0 Å². The number of methoxy groups -OCH3 is 1. The maximum atomic E-state index is 12.8. The van der Waals surface area contributed by atoms with Crippen molar-refractivity contribution in [2.75, 3.05) is 26.8 Å². The van der Waals surface area contributed by atoms with Crippen LogP contribution in [0.1, 0.15) is 29.6 Å². The maximum absolute atomic E-state index is 12.8. The molecule has 0 spiro atoms. The first kappa shape index (κ1) is 16.2. The maximum Gasteiger partial charge on any atom is 0.255 e. The predicted octanol–water partition coefficient (Wildman–Crippen LogP) is 2.33. The third kappa shape index (κ3) is 2.68. The van der Waals surface area contributed by atoms with Gasteiger partial charge < -0.3 is 14.8 Å². The smallest absolute Gasteiger partial charge is 0.255 e. The van der Waals surface area contributed by atoms with Crippen molar-refractivity contribution < 1.29 is 14.3 Å². The van der Waals surface area contributed by atoms with Crippen LogP contribution in [-0.4, -0.2) is 55.8 Å². The average Bonchev–Trinajstić information content (AvgIpc) is 3.23. The number of likely N-dealkylation sites (tertiary alicyclic amines) is 1. The van der Waals surface area contributed by atoms with Gasteiger partial charge in [0.05, 0.1) is 30.9 Å². The van der Waals surface area contributed by atoms with Crippen LogP contribution < -0.4 is 10.1 Å². The van der Waals surface area contributed by atoms with Crippen LogP contribution in [0.4, 0.5) is 0 Å². The fraction of sp³-hybridized carbons (Fsp3) is 0.611. The number of carbonyl (C=O) groups is 1. The lowest BCUT2D eigenvalue weighted by Crippen LogP contribution is -2.70. The zero-order chi connectivity index (χ0) is 16.7. The van der Waals surface area contributed by atoms with Crippen molar-refractivity contribution in [3.63, 3.8) is 0 Å². The summed E-state index contributed by atoms with van der Waals surface area (Å²) in [6.45, 7) is 3.00. The molecule has 2 saturated heterocycles. The van der Waals surface area contributed by atoms with Gasteiger partial charge in [0.15, 0.2) is 0 Å². The Morgan fingerprint density at radius 1 is 1.38 bits per heavy atom. The zero-order valence-corrected chi connectivity index (χ0v) is 14.6. The van der Waals surface area contributed by atoms with Crippen molar-refractivity contribution >= 4 is 17.5 Å². The number of fused-ring (bicyclic) bond motifs is 1. The molecule has 2 aliphatic heterocycles. The lowest BCUT2D eigenvalue weighted by Gasteiger charge is -2.51. The molecule has 2 heterocycles. The quantitative estimate of drug-likeness (QED) is 0.905. The zero-order valence-electron chi connectivity index (χ0n) is 13.8. The number of benzene rings is 1. The molecule has 0 aromatic heterocycles. The van der Waals surface area contributed by atoms with E-state index in [2.05, 4.69) is 10.2 Å². The number of nitrogens with one attached hydrogen (secondary N) is 1. The topological polar surface area (TPSA) is 50.8 Å². The second-order valence-electron chi connectivity index (χ2n) is 6.87. The number of hydrogen-bond acceptors (Lipinski definition) is 4. The van der Waals surface area contributed by atoms with Crippen molar-refractivity contribution in [3.05, 3.63) is 28.8 Å². The molecule has 1 aromatic rings. The Bertz CT molecular complexity index is 628. The highest BCUT2D eigenvalue weighted by Gasteiger charge is 2.56. The van der Waals surface area contributed by atoms with Crippen LogP contribution in [0.25, 0.3) is 0 Å². The molecule has 5 nitrogen and oxygen atoms in total. The number of rotatable bonds is 4. The molecule has 1 N–H and O–H groups in total. The molecule has 1 saturated carbocycles. The first-order valence-corrected chi connectivity index (χ1v) is 9.07. The van der Waals surface area contributed by atoms with Gasteiger partial charge in [-0.25, -0.2) is 0 Å². The van der Waals surface area contributed by atoms with Crippen molar-refractivity contribution in [2.45, 2.75) is 37.5 Å². The Labute approximate surface area is 147 Å². The molecule has 4 atom stereocenters. The van der Waals surface area contributed by atoms with E-state index in [-0.39, 0.29) is 18.1 Å². The molecular weight excluding hydrogens is 328 g/mol. The minimum absolute atomic E-state index is 0.117. The van der Waals surface area contributed by atoms with Crippen LogP contribution in [-0.2, 0) is 4.74 Å². The van der Waals surface area contributed by atoms with Gasteiger partial charge in [-0.05, 0) is 50.6 Å². The first-order chi connectivity index (χ1) is 11.7. The summed E-state index contributed by atoms with van der Waals surface area (Å²) in [4.78, 5) is 15.3. The van der Waals surface area contributed by atoms with Crippen molar-refractivity contribution in [2.24, 2.45) is 5.92 Å². The molecule has 1 amide bonds. The van der Waals surface area contributed by atoms with Gasteiger partial charge in [-0.3, -0.25) is 9.69 Å². The highest BCUT2D eigenvalue weighted by Crippen LogP contribution is 2.43. The van der Waals surface area contributed by atoms with Crippen LogP contribution in [0.15, 0.2) is 18.2 Å². The van der Waals surface area contributed by atoms with Crippen LogP contribution in [0, 0.1) is 5.92 Å². The minimum Gasteiger partial charge on any atom is -0.496 e. The Morgan fingerprint density at radius 3 is 2.92 bits per heavy atom. The van der Waals surface area contributed by atoms with Gasteiger partial charge >= 0.3 is 0 Å². The molecular formula is C18H23ClN2O3. The van der Waals surface area contributed by atoms with E-state index < -0.39 is 0 Å². The lowest BCUT2D eigenvalue weighted by atomic mass is 9.70. The molecule has 1 aromatic carbocycles. The molecule has 1 aliphatic carbocycles. The summed E-state index contributed by atoms with van der Waals surface area (Å²) in [5.41, 5.74) is 0.493. The standard InChI is InChI=1S/C18H23ClN2O3/c1-23-14-5-4-11(19)10-13(14)18(22)20-15-12-6-9-24-17(12)16(15)21-7-2-3-8-21/h4-5,10,12,15-17H,2-3,6-9H2,1H3,(H,20,22)/t12-,15+,16-,17-/m1/s1. The average molecular weight is 351 g/mol. The Balaban J connectivity index is 1.53. The van der Waals surface area contributed by atoms with Gasteiger partial charge in [0.25, 0.3) is 5.91 Å². The Kier molecular flexibility index (Phi) is 4.41. The summed E-state index contributed by atoms with van der Waals surface area (Å²) in [6.07, 6.45) is 3.76. The molecule has 130 valence electrons. The molecule has 0 radical (unpaired) electrons. The summed E-state index contributed by atoms with van der Waals surface area (Å²) in [5.74, 6) is 0.854. The van der Waals surface area contributed by atoms with E-state index in [4.69, 9.17) is 21.1 Å². The van der Waals surface area contributed by atoms with Crippen LogP contribution in [0.3, 0.4) is 0 Å². The number of hydrogen-bond donors (Lipinski definition) is 1. The Hall–Kier alpha value is -1.30. The van der Waals surface area contributed by atoms with Crippen molar-refractivity contribution in [3.8, 4) is 5.75 Å². The largest absolute Gasteiger partial charge is 0.496 e. The van der Waals surface area contributed by atoms with Gasteiger partial charge in [-0.2, -0.15) is 0 Å². The molecule has 24 heavy (non-hydrogen) atoms. The van der Waals surface area contributed by atoms with Gasteiger partial charge in [-0.1, -0.05) is 11.6 Å². The number of amides is 1. The molecule has 6 heteroatoms. The van der Waals surface area contributed by atoms with Gasteiger partial charge in [0.1, 0.15) is 5.75 Å². The fourth-order valence-electron chi connectivity index (χ4n) is 4.43. The number of carbonyl (C=O) groups excluding carboxylic acids is 1. The second kappa shape index (κ2) is 6.54. The van der Waals surface area contributed by atoms with E-state index in [1.807, 2.05) is 0 Å². The van der Waals surface area contributed by atoms with E-state index in [1.165, 1.54) is 12.8 Å². The van der Waals surface area contributed by atoms with E-state index in [0.29, 0.717) is 28.3 Å². The first-order valence-electron chi connectivity index (χ1n) is 8.69. The van der Waals surface area contributed by atoms with E-state index in [0.717, 1.165) is 26.1 Å². The number of halogens is 1. The SMILES string of the molecule is COc1ccc(Cl)cc1C(=O)N[C@H]1[C@H]2CCO[C@H]2[C@@H]1N1CCCC1. The van der Waals surface area contributed by atoms with E-state index >= 15 is 0 Å². The number of nitrogens with zero attached hydrogens (tertiary/aromatic N) is 1. The second-order valence-corrected chi connectivity index (χ2v) is 7.30. The molecule has 3 fully saturated rings. The molecule has 4 rings (SSSR count). The summed E-state index contributed by atoms with van der Waals surface area (Å²) in [6, 6.07) is 5.58. The lowest BCUT2D eigenvalue weighted by molar-refractivity contribution is -0.0747. The normalized spacial score (nSPS) is 32.2. The van der Waals surface area contributed by atoms with Crippen LogP contribution in [0.5, 0.6) is 5.75 Å². The number of ether oxygens (including phenoxy) is 2. The minimum atomic E-state index is -0.117. The highest BCUT2D eigenvalue weighted by atomic mass is 35.5. The molecule has 0 unspecified atom stereocenters. The van der Waals surface area contributed by atoms with Gasteiger partial charge in [0.2, 0.25) is 0 Å². The molecule has 3 aliphatic rings. The van der Waals surface area contributed by atoms with Gasteiger partial charge in [-0.15, -0.1) is 0 Å². The van der Waals surface area contributed by atoms with E-state index in [9.17, 15) is 4.79 Å². The van der Waals surface area contributed by atoms with Crippen LogP contribution in [0.2, 0.25) is 5.02 Å². The highest BCUT2D eigenvalue weighted by molar-refractivity contribution is 6.31.